The van der Waals surface area contributed by atoms with Crippen LogP contribution in [0, 0.1) is 0 Å². The molecule has 1 aromatic heterocycles. The summed E-state index contributed by atoms with van der Waals surface area (Å²) in [6.45, 7) is 0.559. The topological polar surface area (TPSA) is 38.1 Å². The van der Waals surface area contributed by atoms with Crippen molar-refractivity contribution in [3.63, 3.8) is 0 Å². The van der Waals surface area contributed by atoms with E-state index in [1.165, 1.54) is 12.8 Å². The van der Waals surface area contributed by atoms with Crippen molar-refractivity contribution in [2.24, 2.45) is 0 Å². The number of amides is 1. The predicted octanol–water partition coefficient (Wildman–Crippen LogP) is 3.09. The maximum atomic E-state index is 12.2. The molecule has 1 amide bonds. The zero-order chi connectivity index (χ0) is 14.4. The van der Waals surface area contributed by atoms with Crippen molar-refractivity contribution in [3.05, 3.63) is 42.1 Å². The maximum Gasteiger partial charge on any atom is 0.229 e. The molecule has 2 aromatic rings. The Hall–Kier alpha value is -1.81. The number of hydrogen-bond acceptors (Lipinski definition) is 2. The molecule has 4 nitrogen and oxygen atoms in total. The molecule has 1 aliphatic heterocycles. The zero-order valence-corrected chi connectivity index (χ0v) is 12.3. The molecule has 0 radical (unpaired) electrons. The van der Waals surface area contributed by atoms with E-state index in [9.17, 15) is 4.79 Å². The van der Waals surface area contributed by atoms with E-state index in [1.54, 1.807) is 4.90 Å². The van der Waals surface area contributed by atoms with Crippen molar-refractivity contribution in [2.45, 2.75) is 30.6 Å². The number of benzene rings is 1. The summed E-state index contributed by atoms with van der Waals surface area (Å²) in [4.78, 5) is 13.9. The highest BCUT2D eigenvalue weighted by molar-refractivity contribution is 6.24. The van der Waals surface area contributed by atoms with Gasteiger partial charge in [-0.25, -0.2) is 4.68 Å². The summed E-state index contributed by atoms with van der Waals surface area (Å²) in [5, 5.41) is 4.62. The van der Waals surface area contributed by atoms with Gasteiger partial charge in [0.2, 0.25) is 5.91 Å². The van der Waals surface area contributed by atoms with Crippen LogP contribution >= 0.6 is 11.6 Å². The second-order valence-electron chi connectivity index (χ2n) is 5.75. The van der Waals surface area contributed by atoms with Crippen molar-refractivity contribution < 1.29 is 4.79 Å². The van der Waals surface area contributed by atoms with E-state index in [2.05, 4.69) is 6.07 Å². The molecule has 5 heteroatoms. The summed E-state index contributed by atoms with van der Waals surface area (Å²) >= 11 is 6.14. The zero-order valence-electron chi connectivity index (χ0n) is 11.6. The van der Waals surface area contributed by atoms with Gasteiger partial charge in [0.1, 0.15) is 5.82 Å². The van der Waals surface area contributed by atoms with E-state index in [1.807, 2.05) is 35.0 Å². The molecule has 0 bridgehead atoms. The molecule has 1 atom stereocenters. The number of carbonyl (C=O) groups excluding carboxylic acids is 1. The lowest BCUT2D eigenvalue weighted by molar-refractivity contribution is -0.117. The summed E-state index contributed by atoms with van der Waals surface area (Å²) in [6.07, 6.45) is 2.79. The van der Waals surface area contributed by atoms with Gasteiger partial charge < -0.3 is 0 Å². The fourth-order valence-electron chi connectivity index (χ4n) is 2.80. The Balaban J connectivity index is 1.79. The summed E-state index contributed by atoms with van der Waals surface area (Å²) in [5.74, 6) is 1.48. The average Bonchev–Trinajstić information content (AvgIpc) is 3.16. The van der Waals surface area contributed by atoms with Crippen LogP contribution in [0.25, 0.3) is 5.69 Å². The van der Waals surface area contributed by atoms with E-state index in [0.29, 0.717) is 18.9 Å². The van der Waals surface area contributed by atoms with Gasteiger partial charge >= 0.3 is 0 Å². The predicted molar refractivity (Wildman–Crippen MR) is 82.2 cm³/mol. The summed E-state index contributed by atoms with van der Waals surface area (Å²) < 4.78 is 1.88. The number of alkyl halides is 1. The minimum absolute atomic E-state index is 0.0782. The number of halogens is 1. The van der Waals surface area contributed by atoms with E-state index in [-0.39, 0.29) is 11.3 Å². The highest BCUT2D eigenvalue weighted by atomic mass is 35.5. The minimum Gasteiger partial charge on any atom is -0.295 e. The molecule has 108 valence electrons. The molecule has 2 fully saturated rings. The lowest BCUT2D eigenvalue weighted by Gasteiger charge is -2.17. The quantitative estimate of drug-likeness (QED) is 0.817. The number of hydrogen-bond donors (Lipinski definition) is 0. The molecular formula is C16H16ClN3O. The van der Waals surface area contributed by atoms with Crippen LogP contribution in [0.1, 0.15) is 30.9 Å². The summed E-state index contributed by atoms with van der Waals surface area (Å²) in [6, 6.07) is 12.0. The molecule has 0 spiro atoms. The fourth-order valence-corrected chi connectivity index (χ4v) is 3.07. The first kappa shape index (κ1) is 12.9. The number of carbonyl (C=O) groups is 1. The van der Waals surface area contributed by atoms with Crippen molar-refractivity contribution in [1.29, 1.82) is 0 Å². The first-order valence-corrected chi connectivity index (χ1v) is 7.76. The molecule has 1 aromatic carbocycles. The number of anilines is 1. The normalized spacial score (nSPS) is 22.0. The molecule has 2 heterocycles. The Morgan fingerprint density at radius 3 is 2.57 bits per heavy atom. The first-order chi connectivity index (χ1) is 10.2. The van der Waals surface area contributed by atoms with Gasteiger partial charge in [-0.15, -0.1) is 11.6 Å². The van der Waals surface area contributed by atoms with Gasteiger partial charge in [0.15, 0.2) is 0 Å². The fraction of sp³-hybridized carbons (Fsp3) is 0.375. The number of para-hydroxylation sites is 1. The van der Waals surface area contributed by atoms with Crippen LogP contribution in [0.15, 0.2) is 36.4 Å². The standard InChI is InChI=1S/C16H16ClN3O/c17-12-8-16(21)19(10-12)15-9-14(11-6-7-11)18-20(15)13-4-2-1-3-5-13/h1-5,9,11-12H,6-8,10H2. The lowest BCUT2D eigenvalue weighted by Crippen LogP contribution is -2.27. The Bertz CT molecular complexity index is 678. The van der Waals surface area contributed by atoms with Gasteiger partial charge in [-0.05, 0) is 25.0 Å². The second kappa shape index (κ2) is 4.88. The molecule has 1 unspecified atom stereocenters. The SMILES string of the molecule is O=C1CC(Cl)CN1c1cc(C2CC2)nn1-c1ccccc1. The highest BCUT2D eigenvalue weighted by Gasteiger charge is 2.34. The van der Waals surface area contributed by atoms with Crippen LogP contribution in [0.2, 0.25) is 0 Å². The Kier molecular flexibility index (Phi) is 3.00. The Labute approximate surface area is 128 Å². The maximum absolute atomic E-state index is 12.2. The Morgan fingerprint density at radius 1 is 1.19 bits per heavy atom. The largest absolute Gasteiger partial charge is 0.295 e. The summed E-state index contributed by atoms with van der Waals surface area (Å²) in [7, 11) is 0. The molecule has 1 saturated heterocycles. The molecule has 2 aliphatic rings. The van der Waals surface area contributed by atoms with Gasteiger partial charge in [-0.3, -0.25) is 9.69 Å². The third-order valence-electron chi connectivity index (χ3n) is 4.06. The monoisotopic (exact) mass is 301 g/mol. The second-order valence-corrected chi connectivity index (χ2v) is 6.37. The third-order valence-corrected chi connectivity index (χ3v) is 4.35. The van der Waals surface area contributed by atoms with Crippen molar-refractivity contribution in [2.75, 3.05) is 11.4 Å². The van der Waals surface area contributed by atoms with Crippen molar-refractivity contribution in [1.82, 2.24) is 9.78 Å². The van der Waals surface area contributed by atoms with Crippen LogP contribution in [0.5, 0.6) is 0 Å². The van der Waals surface area contributed by atoms with Crippen molar-refractivity contribution in [3.8, 4) is 5.69 Å². The number of nitrogens with zero attached hydrogens (tertiary/aromatic N) is 3. The van der Waals surface area contributed by atoms with E-state index < -0.39 is 0 Å². The molecule has 1 saturated carbocycles. The number of aromatic nitrogens is 2. The van der Waals surface area contributed by atoms with Crippen LogP contribution < -0.4 is 4.90 Å². The molecular weight excluding hydrogens is 286 g/mol. The molecule has 4 rings (SSSR count). The van der Waals surface area contributed by atoms with E-state index >= 15 is 0 Å². The summed E-state index contributed by atoms with van der Waals surface area (Å²) in [5.41, 5.74) is 2.06. The van der Waals surface area contributed by atoms with Crippen LogP contribution in [0.3, 0.4) is 0 Å². The Morgan fingerprint density at radius 2 is 1.95 bits per heavy atom. The first-order valence-electron chi connectivity index (χ1n) is 7.32. The van der Waals surface area contributed by atoms with Crippen LogP contribution in [0.4, 0.5) is 5.82 Å². The molecule has 1 aliphatic carbocycles. The lowest BCUT2D eigenvalue weighted by atomic mass is 10.3. The van der Waals surface area contributed by atoms with Gasteiger partial charge in [0, 0.05) is 24.9 Å². The highest BCUT2D eigenvalue weighted by Crippen LogP contribution is 2.41. The van der Waals surface area contributed by atoms with E-state index in [0.717, 1.165) is 17.2 Å². The van der Waals surface area contributed by atoms with Gasteiger partial charge in [0.05, 0.1) is 16.8 Å². The smallest absolute Gasteiger partial charge is 0.229 e. The number of rotatable bonds is 3. The van der Waals surface area contributed by atoms with Crippen LogP contribution in [-0.4, -0.2) is 27.6 Å². The molecule has 0 N–H and O–H groups in total. The van der Waals surface area contributed by atoms with Crippen molar-refractivity contribution >= 4 is 23.3 Å². The van der Waals surface area contributed by atoms with Crippen LogP contribution in [-0.2, 0) is 4.79 Å². The van der Waals surface area contributed by atoms with E-state index in [4.69, 9.17) is 16.7 Å². The molecule has 21 heavy (non-hydrogen) atoms. The van der Waals surface area contributed by atoms with Gasteiger partial charge in [0.25, 0.3) is 0 Å². The van der Waals surface area contributed by atoms with Gasteiger partial charge in [-0.2, -0.15) is 5.10 Å². The van der Waals surface area contributed by atoms with Gasteiger partial charge in [-0.1, -0.05) is 18.2 Å². The average molecular weight is 302 g/mol. The third kappa shape index (κ3) is 2.33. The minimum atomic E-state index is -0.110.